The summed E-state index contributed by atoms with van der Waals surface area (Å²) in [5.41, 5.74) is 2.42. The first-order valence-corrected chi connectivity index (χ1v) is 11.8. The van der Waals surface area contributed by atoms with Crippen LogP contribution in [0.25, 0.3) is 10.9 Å². The van der Waals surface area contributed by atoms with Crippen LogP contribution in [0.5, 0.6) is 11.5 Å². The van der Waals surface area contributed by atoms with Gasteiger partial charge < -0.3 is 19.7 Å². The normalized spacial score (nSPS) is 15.9. The molecular weight excluding hydrogens is 452 g/mol. The van der Waals surface area contributed by atoms with Crippen LogP contribution in [-0.2, 0) is 0 Å². The Morgan fingerprint density at radius 1 is 1.12 bits per heavy atom. The van der Waals surface area contributed by atoms with E-state index in [0.29, 0.717) is 16.6 Å². The quantitative estimate of drug-likeness (QED) is 0.369. The highest BCUT2D eigenvalue weighted by atomic mass is 35.5. The second-order valence-electron chi connectivity index (χ2n) is 8.52. The Morgan fingerprint density at radius 2 is 1.97 bits per heavy atom. The van der Waals surface area contributed by atoms with E-state index in [2.05, 4.69) is 37.4 Å². The second kappa shape index (κ2) is 9.87. The fraction of sp³-hybridized carbons (Fsp3) is 0.320. The van der Waals surface area contributed by atoms with E-state index in [4.69, 9.17) is 21.1 Å². The maximum atomic E-state index is 6.54. The number of nitrogens with one attached hydrogen (secondary N) is 2. The van der Waals surface area contributed by atoms with Gasteiger partial charge in [-0.15, -0.1) is 0 Å². The van der Waals surface area contributed by atoms with E-state index in [1.807, 2.05) is 49.4 Å². The lowest BCUT2D eigenvalue weighted by molar-refractivity contribution is 0.116. The number of piperidine rings is 1. The van der Waals surface area contributed by atoms with Crippen LogP contribution in [0.1, 0.15) is 31.6 Å². The van der Waals surface area contributed by atoms with Gasteiger partial charge in [0.25, 0.3) is 0 Å². The predicted molar refractivity (Wildman–Crippen MR) is 133 cm³/mol. The van der Waals surface area contributed by atoms with Crippen molar-refractivity contribution in [1.29, 1.82) is 0 Å². The van der Waals surface area contributed by atoms with E-state index in [9.17, 15) is 0 Å². The van der Waals surface area contributed by atoms with E-state index in [-0.39, 0.29) is 12.2 Å². The highest BCUT2D eigenvalue weighted by Gasteiger charge is 2.20. The van der Waals surface area contributed by atoms with Gasteiger partial charge in [-0.1, -0.05) is 17.7 Å². The van der Waals surface area contributed by atoms with Gasteiger partial charge in [0.05, 0.1) is 15.9 Å². The molecule has 176 valence electrons. The molecule has 1 atom stereocenters. The Labute approximate surface area is 203 Å². The molecule has 5 rings (SSSR count). The summed E-state index contributed by atoms with van der Waals surface area (Å²) in [5, 5.41) is 11.7. The smallest absolute Gasteiger partial charge is 0.145 e. The molecule has 2 aromatic heterocycles. The molecule has 9 heteroatoms. The van der Waals surface area contributed by atoms with Gasteiger partial charge in [0.1, 0.15) is 41.5 Å². The molecule has 3 heterocycles. The van der Waals surface area contributed by atoms with Crippen molar-refractivity contribution in [2.24, 2.45) is 0 Å². The summed E-state index contributed by atoms with van der Waals surface area (Å²) in [6.07, 6.45) is 5.26. The highest BCUT2D eigenvalue weighted by Crippen LogP contribution is 2.35. The minimum Gasteiger partial charge on any atom is -0.489 e. The van der Waals surface area contributed by atoms with Crippen LogP contribution in [0.4, 0.5) is 11.5 Å². The van der Waals surface area contributed by atoms with E-state index >= 15 is 0 Å². The third kappa shape index (κ3) is 4.93. The molecule has 1 fully saturated rings. The molecule has 2 N–H and O–H groups in total. The Hall–Kier alpha value is -3.36. The first kappa shape index (κ1) is 22.4. The number of aromatic amines is 1. The summed E-state index contributed by atoms with van der Waals surface area (Å²) in [6.45, 7) is 3.99. The van der Waals surface area contributed by atoms with Gasteiger partial charge in [-0.2, -0.15) is 5.10 Å². The highest BCUT2D eigenvalue weighted by molar-refractivity contribution is 6.32. The first-order valence-electron chi connectivity index (χ1n) is 11.4. The zero-order valence-corrected chi connectivity index (χ0v) is 19.9. The van der Waals surface area contributed by atoms with Crippen LogP contribution in [-0.4, -0.2) is 51.3 Å². The number of halogens is 1. The fourth-order valence-electron chi connectivity index (χ4n) is 4.11. The number of likely N-dealkylation sites (tertiary alicyclic amines) is 1. The lowest BCUT2D eigenvalue weighted by Gasteiger charge is -2.29. The number of benzene rings is 2. The minimum atomic E-state index is -0.229. The standard InChI is InChI=1S/C25H27ClN6O2/c1-16(20-8-11-29-31-20)33-22-7-6-17(14-19(22)26)30-25-24-21(27-15-28-25)4-3-5-23(24)34-18-9-12-32(2)13-10-18/h3-8,11,14-16,18H,9-10,12-13H2,1-2H3,(H,29,31)(H,27,28,30). The zero-order chi connectivity index (χ0) is 23.5. The van der Waals surface area contributed by atoms with Gasteiger partial charge >= 0.3 is 0 Å². The molecule has 34 heavy (non-hydrogen) atoms. The summed E-state index contributed by atoms with van der Waals surface area (Å²) in [5.74, 6) is 2.04. The van der Waals surface area contributed by atoms with E-state index < -0.39 is 0 Å². The molecule has 0 aliphatic carbocycles. The van der Waals surface area contributed by atoms with Crippen molar-refractivity contribution in [2.45, 2.75) is 32.0 Å². The maximum Gasteiger partial charge on any atom is 0.145 e. The summed E-state index contributed by atoms with van der Waals surface area (Å²) in [6, 6.07) is 13.4. The number of rotatable bonds is 7. The van der Waals surface area contributed by atoms with E-state index in [1.54, 1.807) is 12.5 Å². The summed E-state index contributed by atoms with van der Waals surface area (Å²) in [7, 11) is 2.14. The zero-order valence-electron chi connectivity index (χ0n) is 19.2. The molecule has 0 amide bonds. The molecule has 1 aliphatic heterocycles. The van der Waals surface area contributed by atoms with Crippen LogP contribution in [0.3, 0.4) is 0 Å². The van der Waals surface area contributed by atoms with Gasteiger partial charge in [-0.3, -0.25) is 5.10 Å². The number of ether oxygens (including phenoxy) is 2. The van der Waals surface area contributed by atoms with Crippen molar-refractivity contribution in [1.82, 2.24) is 25.1 Å². The van der Waals surface area contributed by atoms with Crippen LogP contribution in [0, 0.1) is 0 Å². The molecule has 0 saturated carbocycles. The van der Waals surface area contributed by atoms with Crippen molar-refractivity contribution >= 4 is 34.0 Å². The Balaban J connectivity index is 1.37. The summed E-state index contributed by atoms with van der Waals surface area (Å²) in [4.78, 5) is 11.3. The number of hydrogen-bond donors (Lipinski definition) is 2. The van der Waals surface area contributed by atoms with Crippen LogP contribution < -0.4 is 14.8 Å². The van der Waals surface area contributed by atoms with Crippen molar-refractivity contribution < 1.29 is 9.47 Å². The number of hydrogen-bond acceptors (Lipinski definition) is 7. The van der Waals surface area contributed by atoms with Crippen LogP contribution >= 0.6 is 11.6 Å². The van der Waals surface area contributed by atoms with E-state index in [1.165, 1.54) is 0 Å². The first-order chi connectivity index (χ1) is 16.6. The second-order valence-corrected chi connectivity index (χ2v) is 8.93. The lowest BCUT2D eigenvalue weighted by atomic mass is 10.1. The average Bonchev–Trinajstić information content (AvgIpc) is 3.38. The third-order valence-corrected chi connectivity index (χ3v) is 6.32. The van der Waals surface area contributed by atoms with Gasteiger partial charge in [0, 0.05) is 25.0 Å². The molecule has 0 spiro atoms. The van der Waals surface area contributed by atoms with Gasteiger partial charge in [0.15, 0.2) is 0 Å². The Kier molecular flexibility index (Phi) is 6.51. The van der Waals surface area contributed by atoms with Crippen LogP contribution in [0.2, 0.25) is 5.02 Å². The van der Waals surface area contributed by atoms with E-state index in [0.717, 1.165) is 54.0 Å². The van der Waals surface area contributed by atoms with Gasteiger partial charge in [-0.25, -0.2) is 9.97 Å². The molecule has 4 aromatic rings. The summed E-state index contributed by atoms with van der Waals surface area (Å²) < 4.78 is 12.4. The largest absolute Gasteiger partial charge is 0.489 e. The minimum absolute atomic E-state index is 0.178. The number of aromatic nitrogens is 4. The number of H-pyrrole nitrogens is 1. The molecule has 2 aromatic carbocycles. The third-order valence-electron chi connectivity index (χ3n) is 6.02. The maximum absolute atomic E-state index is 6.54. The SMILES string of the molecule is CC(Oc1ccc(Nc2ncnc3cccc(OC4CCN(C)CC4)c23)cc1Cl)c1cc[nH]n1. The topological polar surface area (TPSA) is 88.2 Å². The van der Waals surface area contributed by atoms with Crippen LogP contribution in [0.15, 0.2) is 55.0 Å². The predicted octanol–water partition coefficient (Wildman–Crippen LogP) is 5.36. The van der Waals surface area contributed by atoms with Gasteiger partial charge in [-0.05, 0) is 63.2 Å². The summed E-state index contributed by atoms with van der Waals surface area (Å²) >= 11 is 6.54. The number of anilines is 2. The molecule has 0 bridgehead atoms. The van der Waals surface area contributed by atoms with Crippen molar-refractivity contribution in [3.63, 3.8) is 0 Å². The van der Waals surface area contributed by atoms with Crippen molar-refractivity contribution in [3.05, 3.63) is 65.7 Å². The fourth-order valence-corrected chi connectivity index (χ4v) is 4.34. The molecule has 1 unspecified atom stereocenters. The number of fused-ring (bicyclic) bond motifs is 1. The monoisotopic (exact) mass is 478 g/mol. The molecule has 1 aliphatic rings. The molecule has 1 saturated heterocycles. The molecule has 0 radical (unpaired) electrons. The molecule has 8 nitrogen and oxygen atoms in total. The lowest BCUT2D eigenvalue weighted by Crippen LogP contribution is -2.35. The van der Waals surface area contributed by atoms with Crippen molar-refractivity contribution in [2.75, 3.05) is 25.5 Å². The number of nitrogens with zero attached hydrogens (tertiary/aromatic N) is 4. The van der Waals surface area contributed by atoms with Gasteiger partial charge in [0.2, 0.25) is 0 Å². The Morgan fingerprint density at radius 3 is 2.74 bits per heavy atom. The average molecular weight is 479 g/mol. The Bertz CT molecular complexity index is 1250. The molecular formula is C25H27ClN6O2. The van der Waals surface area contributed by atoms with Crippen molar-refractivity contribution in [3.8, 4) is 11.5 Å².